The fourth-order valence-corrected chi connectivity index (χ4v) is 2.55. The average molecular weight is 359 g/mol. The van der Waals surface area contributed by atoms with Crippen molar-refractivity contribution in [2.45, 2.75) is 12.6 Å². The van der Waals surface area contributed by atoms with E-state index in [0.29, 0.717) is 29.2 Å². The number of benzene rings is 2. The second kappa shape index (κ2) is 7.18. The van der Waals surface area contributed by atoms with Crippen molar-refractivity contribution in [2.24, 2.45) is 0 Å². The third-order valence-electron chi connectivity index (χ3n) is 2.93. The van der Waals surface area contributed by atoms with Crippen molar-refractivity contribution < 1.29 is 9.50 Å². The van der Waals surface area contributed by atoms with Crippen molar-refractivity contribution in [1.82, 2.24) is 5.32 Å². The van der Waals surface area contributed by atoms with Gasteiger partial charge in [0, 0.05) is 33.7 Å². The first kappa shape index (κ1) is 15.4. The summed E-state index contributed by atoms with van der Waals surface area (Å²) in [5.74, 6) is -0.270. The molecule has 0 aromatic heterocycles. The first-order valence-electron chi connectivity index (χ1n) is 6.15. The normalized spacial score (nSPS) is 12.4. The van der Waals surface area contributed by atoms with E-state index in [1.54, 1.807) is 24.3 Å². The molecule has 0 fully saturated rings. The molecule has 0 aliphatic carbocycles. The number of nitrogens with one attached hydrogen (secondary N) is 1. The molecule has 2 aromatic rings. The van der Waals surface area contributed by atoms with Crippen LogP contribution in [0.25, 0.3) is 0 Å². The number of aliphatic hydroxyl groups is 1. The van der Waals surface area contributed by atoms with Crippen LogP contribution in [0.1, 0.15) is 17.2 Å². The van der Waals surface area contributed by atoms with Crippen LogP contribution in [0.5, 0.6) is 0 Å². The highest BCUT2D eigenvalue weighted by Crippen LogP contribution is 2.22. The van der Waals surface area contributed by atoms with E-state index in [-0.39, 0.29) is 5.82 Å². The molecule has 0 amide bonds. The van der Waals surface area contributed by atoms with Crippen LogP contribution in [0.15, 0.2) is 46.9 Å². The second-order valence-electron chi connectivity index (χ2n) is 4.40. The van der Waals surface area contributed by atoms with Crippen molar-refractivity contribution >= 4 is 27.5 Å². The van der Waals surface area contributed by atoms with Gasteiger partial charge in [-0.3, -0.25) is 0 Å². The Bertz CT molecular complexity index is 594. The monoisotopic (exact) mass is 357 g/mol. The molecule has 0 saturated carbocycles. The molecule has 2 N–H and O–H groups in total. The maximum absolute atomic E-state index is 13.5. The Kier molecular flexibility index (Phi) is 5.54. The Balaban J connectivity index is 1.93. The summed E-state index contributed by atoms with van der Waals surface area (Å²) in [6.07, 6.45) is -0.723. The minimum Gasteiger partial charge on any atom is -0.387 e. The maximum atomic E-state index is 13.5. The van der Waals surface area contributed by atoms with Gasteiger partial charge in [-0.25, -0.2) is 4.39 Å². The summed E-state index contributed by atoms with van der Waals surface area (Å²) in [5, 5.41) is 13.6. The molecular formula is C15H14BrClFNO. The highest BCUT2D eigenvalue weighted by molar-refractivity contribution is 9.10. The van der Waals surface area contributed by atoms with E-state index in [1.807, 2.05) is 12.1 Å². The minimum absolute atomic E-state index is 0.270. The molecule has 0 aliphatic heterocycles. The predicted molar refractivity (Wildman–Crippen MR) is 82.2 cm³/mol. The fraction of sp³-hybridized carbons (Fsp3) is 0.200. The van der Waals surface area contributed by atoms with E-state index in [9.17, 15) is 9.50 Å². The van der Waals surface area contributed by atoms with Crippen LogP contribution in [0.4, 0.5) is 4.39 Å². The van der Waals surface area contributed by atoms with Crippen molar-refractivity contribution in [1.29, 1.82) is 0 Å². The topological polar surface area (TPSA) is 32.3 Å². The van der Waals surface area contributed by atoms with Gasteiger partial charge >= 0.3 is 0 Å². The lowest BCUT2D eigenvalue weighted by molar-refractivity contribution is 0.174. The molecule has 0 radical (unpaired) electrons. The molecule has 0 bridgehead atoms. The lowest BCUT2D eigenvalue weighted by Crippen LogP contribution is -2.21. The zero-order chi connectivity index (χ0) is 14.5. The Labute approximate surface area is 130 Å². The summed E-state index contributed by atoms with van der Waals surface area (Å²) in [6, 6.07) is 11.9. The van der Waals surface area contributed by atoms with Gasteiger partial charge in [-0.2, -0.15) is 0 Å². The van der Waals surface area contributed by atoms with E-state index in [0.717, 1.165) is 4.47 Å². The fourth-order valence-electron chi connectivity index (χ4n) is 1.88. The van der Waals surface area contributed by atoms with Gasteiger partial charge in [0.2, 0.25) is 0 Å². The summed E-state index contributed by atoms with van der Waals surface area (Å²) in [7, 11) is 0. The lowest BCUT2D eigenvalue weighted by atomic mass is 10.1. The van der Waals surface area contributed by atoms with Crippen LogP contribution in [0.3, 0.4) is 0 Å². The molecule has 1 unspecified atom stereocenters. The van der Waals surface area contributed by atoms with Crippen LogP contribution in [-0.4, -0.2) is 11.7 Å². The van der Waals surface area contributed by atoms with E-state index in [1.165, 1.54) is 6.07 Å². The molecule has 2 nitrogen and oxygen atoms in total. The molecule has 5 heteroatoms. The Morgan fingerprint density at radius 3 is 2.75 bits per heavy atom. The first-order valence-corrected chi connectivity index (χ1v) is 7.32. The zero-order valence-corrected chi connectivity index (χ0v) is 13.0. The Morgan fingerprint density at radius 1 is 1.25 bits per heavy atom. The molecule has 20 heavy (non-hydrogen) atoms. The minimum atomic E-state index is -0.723. The highest BCUT2D eigenvalue weighted by Gasteiger charge is 2.11. The molecule has 0 heterocycles. The molecule has 2 aromatic carbocycles. The summed E-state index contributed by atoms with van der Waals surface area (Å²) >= 11 is 9.31. The average Bonchev–Trinajstić information content (AvgIpc) is 2.43. The van der Waals surface area contributed by atoms with Crippen molar-refractivity contribution in [3.63, 3.8) is 0 Å². The van der Waals surface area contributed by atoms with Gasteiger partial charge < -0.3 is 10.4 Å². The van der Waals surface area contributed by atoms with E-state index in [4.69, 9.17) is 11.6 Å². The van der Waals surface area contributed by atoms with Crippen molar-refractivity contribution in [3.05, 3.63) is 68.9 Å². The zero-order valence-electron chi connectivity index (χ0n) is 10.6. The van der Waals surface area contributed by atoms with Gasteiger partial charge in [0.05, 0.1) is 6.10 Å². The van der Waals surface area contributed by atoms with Gasteiger partial charge in [0.1, 0.15) is 5.82 Å². The summed E-state index contributed by atoms with van der Waals surface area (Å²) in [6.45, 7) is 0.641. The van der Waals surface area contributed by atoms with E-state index >= 15 is 0 Å². The summed E-state index contributed by atoms with van der Waals surface area (Å²) in [5.41, 5.74) is 1.21. The van der Waals surface area contributed by atoms with Crippen molar-refractivity contribution in [3.8, 4) is 0 Å². The van der Waals surface area contributed by atoms with Gasteiger partial charge in [-0.05, 0) is 24.3 Å². The SMILES string of the molecule is OC(CNCc1cc(Br)ccc1F)c1ccccc1Cl. The second-order valence-corrected chi connectivity index (χ2v) is 5.73. The summed E-state index contributed by atoms with van der Waals surface area (Å²) < 4.78 is 14.4. The third-order valence-corrected chi connectivity index (χ3v) is 3.76. The number of rotatable bonds is 5. The van der Waals surface area contributed by atoms with Crippen LogP contribution in [0.2, 0.25) is 5.02 Å². The van der Waals surface area contributed by atoms with Gasteiger partial charge in [-0.15, -0.1) is 0 Å². The first-order chi connectivity index (χ1) is 9.58. The van der Waals surface area contributed by atoms with Gasteiger partial charge in [0.15, 0.2) is 0 Å². The number of aliphatic hydroxyl groups excluding tert-OH is 1. The number of halogens is 3. The third kappa shape index (κ3) is 4.03. The molecule has 0 spiro atoms. The molecule has 0 saturated heterocycles. The van der Waals surface area contributed by atoms with E-state index < -0.39 is 6.10 Å². The summed E-state index contributed by atoms with van der Waals surface area (Å²) in [4.78, 5) is 0. The largest absolute Gasteiger partial charge is 0.387 e. The molecule has 1 atom stereocenters. The Morgan fingerprint density at radius 2 is 2.00 bits per heavy atom. The smallest absolute Gasteiger partial charge is 0.127 e. The molecular weight excluding hydrogens is 345 g/mol. The Hall–Kier alpha value is -0.940. The number of hydrogen-bond donors (Lipinski definition) is 2. The lowest BCUT2D eigenvalue weighted by Gasteiger charge is -2.14. The maximum Gasteiger partial charge on any atom is 0.127 e. The molecule has 2 rings (SSSR count). The van der Waals surface area contributed by atoms with Crippen LogP contribution < -0.4 is 5.32 Å². The standard InChI is InChI=1S/C15H14BrClFNO/c16-11-5-6-14(18)10(7-11)8-19-9-15(20)12-3-1-2-4-13(12)17/h1-7,15,19-20H,8-9H2. The quantitative estimate of drug-likeness (QED) is 0.844. The van der Waals surface area contributed by atoms with Crippen LogP contribution in [-0.2, 0) is 6.54 Å². The predicted octanol–water partition coefficient (Wildman–Crippen LogP) is 4.06. The molecule has 106 valence electrons. The van der Waals surface area contributed by atoms with Gasteiger partial charge in [0.25, 0.3) is 0 Å². The molecule has 0 aliphatic rings. The van der Waals surface area contributed by atoms with Crippen LogP contribution >= 0.6 is 27.5 Å². The van der Waals surface area contributed by atoms with Crippen molar-refractivity contribution in [2.75, 3.05) is 6.54 Å². The highest BCUT2D eigenvalue weighted by atomic mass is 79.9. The van der Waals surface area contributed by atoms with E-state index in [2.05, 4.69) is 21.2 Å². The number of hydrogen-bond acceptors (Lipinski definition) is 2. The van der Waals surface area contributed by atoms with Gasteiger partial charge in [-0.1, -0.05) is 45.7 Å². The van der Waals surface area contributed by atoms with Crippen LogP contribution in [0, 0.1) is 5.82 Å².